The average Bonchev–Trinajstić information content (AvgIpc) is 2.41. The summed E-state index contributed by atoms with van der Waals surface area (Å²) in [7, 11) is 0. The second-order valence-electron chi connectivity index (χ2n) is 4.19. The lowest BCUT2D eigenvalue weighted by Crippen LogP contribution is -2.33. The molecule has 0 N–H and O–H groups in total. The normalized spacial score (nSPS) is 10.1. The van der Waals surface area contributed by atoms with Crippen LogP contribution >= 0.6 is 0 Å². The molecule has 0 atom stereocenters. The fourth-order valence-corrected chi connectivity index (χ4v) is 1.77. The number of ether oxygens (including phenoxy) is 1. The van der Waals surface area contributed by atoms with Crippen molar-refractivity contribution in [2.75, 3.05) is 0 Å². The maximum absolute atomic E-state index is 11.1. The zero-order valence-corrected chi connectivity index (χ0v) is 10.9. The largest absolute Gasteiger partial charge is 0.426 e. The molecule has 20 heavy (non-hydrogen) atoms. The van der Waals surface area contributed by atoms with Gasteiger partial charge in [0.1, 0.15) is 5.75 Å². The third-order valence-corrected chi connectivity index (χ3v) is 2.65. The quantitative estimate of drug-likeness (QED) is 0.280. The number of rotatable bonds is 4. The van der Waals surface area contributed by atoms with Gasteiger partial charge in [0.2, 0.25) is 0 Å². The lowest BCUT2D eigenvalue weighted by Gasteiger charge is -2.06. The van der Waals surface area contributed by atoms with Crippen LogP contribution in [0.5, 0.6) is 5.75 Å². The number of carbonyl (C=O) groups is 1. The molecule has 0 bridgehead atoms. The Balaban J connectivity index is 2.36. The number of carbonyl (C=O) groups excluding carboxylic acids is 1. The number of nitro benzene ring substituents is 1. The van der Waals surface area contributed by atoms with Gasteiger partial charge < -0.3 is 4.74 Å². The summed E-state index contributed by atoms with van der Waals surface area (Å²) in [5, 5.41) is 10.8. The minimum absolute atomic E-state index is 0.108. The van der Waals surface area contributed by atoms with Crippen molar-refractivity contribution in [2.24, 2.45) is 0 Å². The predicted octanol–water partition coefficient (Wildman–Crippen LogP) is 1.86. The smallest absolute Gasteiger partial charge is 0.308 e. The van der Waals surface area contributed by atoms with Gasteiger partial charge in [0.25, 0.3) is 5.69 Å². The molecule has 0 amide bonds. The van der Waals surface area contributed by atoms with E-state index in [1.807, 2.05) is 35.2 Å². The Kier molecular flexibility index (Phi) is 4.05. The first-order valence-electron chi connectivity index (χ1n) is 5.96. The van der Waals surface area contributed by atoms with Crippen LogP contribution in [0.3, 0.4) is 0 Å². The van der Waals surface area contributed by atoms with Gasteiger partial charge in [-0.3, -0.25) is 14.9 Å². The van der Waals surface area contributed by atoms with Gasteiger partial charge in [0.15, 0.2) is 18.9 Å². The number of benzene rings is 1. The first-order chi connectivity index (χ1) is 9.56. The van der Waals surface area contributed by atoms with Crippen LogP contribution in [0.2, 0.25) is 0 Å². The first kappa shape index (κ1) is 13.7. The molecule has 0 aliphatic carbocycles. The van der Waals surface area contributed by atoms with Crippen molar-refractivity contribution in [3.63, 3.8) is 0 Å². The number of hydrogen-bond acceptors (Lipinski definition) is 4. The van der Waals surface area contributed by atoms with Crippen molar-refractivity contribution >= 4 is 11.7 Å². The zero-order chi connectivity index (χ0) is 14.5. The predicted molar refractivity (Wildman–Crippen MR) is 70.1 cm³/mol. The Morgan fingerprint density at radius 1 is 1.30 bits per heavy atom. The van der Waals surface area contributed by atoms with Gasteiger partial charge in [0, 0.05) is 25.1 Å². The van der Waals surface area contributed by atoms with E-state index in [-0.39, 0.29) is 11.4 Å². The molecule has 0 radical (unpaired) electrons. The standard InChI is InChI=1S/C14H13N2O4/c1-11(17)20-14-9-13(16(18)19)6-5-12(14)10-15-7-3-2-4-8-15/h2-9H,10H2,1H3/q+1. The summed E-state index contributed by atoms with van der Waals surface area (Å²) in [4.78, 5) is 21.3. The van der Waals surface area contributed by atoms with Crippen LogP contribution in [0.1, 0.15) is 12.5 Å². The van der Waals surface area contributed by atoms with Gasteiger partial charge in [-0.2, -0.15) is 0 Å². The Morgan fingerprint density at radius 3 is 2.60 bits per heavy atom. The van der Waals surface area contributed by atoms with E-state index in [9.17, 15) is 14.9 Å². The van der Waals surface area contributed by atoms with Crippen molar-refractivity contribution < 1.29 is 19.0 Å². The number of esters is 1. The molecule has 2 aromatic rings. The highest BCUT2D eigenvalue weighted by Crippen LogP contribution is 2.24. The number of nitrogens with zero attached hydrogens (tertiary/aromatic N) is 2. The van der Waals surface area contributed by atoms with E-state index in [1.165, 1.54) is 19.1 Å². The second kappa shape index (κ2) is 5.92. The Bertz CT molecular complexity index is 641. The highest BCUT2D eigenvalue weighted by molar-refractivity contribution is 5.70. The lowest BCUT2D eigenvalue weighted by atomic mass is 10.1. The number of non-ortho nitro benzene ring substituents is 1. The molecule has 2 rings (SSSR count). The molecule has 0 saturated carbocycles. The molecule has 0 saturated heterocycles. The SMILES string of the molecule is CC(=O)Oc1cc([N+](=O)[O-])ccc1C[n+]1ccccc1. The van der Waals surface area contributed by atoms with Crippen LogP contribution in [-0.2, 0) is 11.3 Å². The number of pyridine rings is 1. The van der Waals surface area contributed by atoms with Crippen molar-refractivity contribution in [1.82, 2.24) is 0 Å². The number of nitro groups is 1. The first-order valence-corrected chi connectivity index (χ1v) is 5.96. The van der Waals surface area contributed by atoms with E-state index in [2.05, 4.69) is 0 Å². The maximum Gasteiger partial charge on any atom is 0.308 e. The van der Waals surface area contributed by atoms with Gasteiger partial charge in [-0.25, -0.2) is 4.57 Å². The van der Waals surface area contributed by atoms with Crippen LogP contribution in [0.4, 0.5) is 5.69 Å². The molecule has 1 aromatic heterocycles. The van der Waals surface area contributed by atoms with Gasteiger partial charge in [-0.15, -0.1) is 0 Å². The minimum Gasteiger partial charge on any atom is -0.426 e. The van der Waals surface area contributed by atoms with Crippen LogP contribution in [0.25, 0.3) is 0 Å². The molecule has 0 spiro atoms. The highest BCUT2D eigenvalue weighted by atomic mass is 16.6. The van der Waals surface area contributed by atoms with E-state index < -0.39 is 10.9 Å². The van der Waals surface area contributed by atoms with Crippen molar-refractivity contribution in [1.29, 1.82) is 0 Å². The van der Waals surface area contributed by atoms with Crippen molar-refractivity contribution in [3.05, 3.63) is 64.5 Å². The molecule has 102 valence electrons. The van der Waals surface area contributed by atoms with Crippen LogP contribution in [0, 0.1) is 10.1 Å². The lowest BCUT2D eigenvalue weighted by molar-refractivity contribution is -0.688. The summed E-state index contributed by atoms with van der Waals surface area (Å²) in [6.45, 7) is 1.72. The third kappa shape index (κ3) is 3.38. The minimum atomic E-state index is -0.521. The third-order valence-electron chi connectivity index (χ3n) is 2.65. The summed E-state index contributed by atoms with van der Waals surface area (Å²) >= 11 is 0. The van der Waals surface area contributed by atoms with E-state index in [1.54, 1.807) is 6.07 Å². The van der Waals surface area contributed by atoms with Gasteiger partial charge in [-0.05, 0) is 6.07 Å². The van der Waals surface area contributed by atoms with Crippen molar-refractivity contribution in [2.45, 2.75) is 13.5 Å². The summed E-state index contributed by atoms with van der Waals surface area (Å²) in [5.74, 6) is -0.298. The molecule has 0 fully saturated rings. The molecule has 6 nitrogen and oxygen atoms in total. The summed E-state index contributed by atoms with van der Waals surface area (Å²) in [5.41, 5.74) is 0.588. The topological polar surface area (TPSA) is 73.3 Å². The van der Waals surface area contributed by atoms with E-state index in [4.69, 9.17) is 4.74 Å². The second-order valence-corrected chi connectivity index (χ2v) is 4.19. The van der Waals surface area contributed by atoms with Gasteiger partial charge >= 0.3 is 5.97 Å². The molecule has 6 heteroatoms. The molecule has 1 aromatic carbocycles. The molecule has 0 unspecified atom stereocenters. The molecular weight excluding hydrogens is 260 g/mol. The fourth-order valence-electron chi connectivity index (χ4n) is 1.77. The van der Waals surface area contributed by atoms with Crippen LogP contribution in [-0.4, -0.2) is 10.9 Å². The Labute approximate surface area is 115 Å². The number of aromatic nitrogens is 1. The molecule has 1 heterocycles. The molecular formula is C14H13N2O4+. The summed E-state index contributed by atoms with van der Waals surface area (Å²) < 4.78 is 6.93. The number of hydrogen-bond donors (Lipinski definition) is 0. The fraction of sp³-hybridized carbons (Fsp3) is 0.143. The maximum atomic E-state index is 11.1. The van der Waals surface area contributed by atoms with E-state index in [0.29, 0.717) is 12.1 Å². The van der Waals surface area contributed by atoms with E-state index >= 15 is 0 Å². The average molecular weight is 273 g/mol. The monoisotopic (exact) mass is 273 g/mol. The Morgan fingerprint density at radius 2 is 2.00 bits per heavy atom. The molecule has 0 aliphatic heterocycles. The van der Waals surface area contributed by atoms with Gasteiger partial charge in [-0.1, -0.05) is 6.07 Å². The summed E-state index contributed by atoms with van der Waals surface area (Å²) in [6.07, 6.45) is 3.72. The Hall–Kier alpha value is -2.76. The van der Waals surface area contributed by atoms with Gasteiger partial charge in [0.05, 0.1) is 16.6 Å². The van der Waals surface area contributed by atoms with Crippen molar-refractivity contribution in [3.8, 4) is 5.75 Å². The van der Waals surface area contributed by atoms with Crippen LogP contribution in [0.15, 0.2) is 48.8 Å². The van der Waals surface area contributed by atoms with Crippen LogP contribution < -0.4 is 9.30 Å². The van der Waals surface area contributed by atoms with E-state index in [0.717, 1.165) is 0 Å². The zero-order valence-electron chi connectivity index (χ0n) is 10.9. The summed E-state index contributed by atoms with van der Waals surface area (Å²) in [6, 6.07) is 9.88. The molecule has 0 aliphatic rings. The highest BCUT2D eigenvalue weighted by Gasteiger charge is 2.16.